The third-order valence-electron chi connectivity index (χ3n) is 2.65. The highest BCUT2D eigenvalue weighted by Gasteiger charge is 2.24. The summed E-state index contributed by atoms with van der Waals surface area (Å²) in [7, 11) is 0. The van der Waals surface area contributed by atoms with E-state index in [-0.39, 0.29) is 6.61 Å². The van der Waals surface area contributed by atoms with Gasteiger partial charge in [0.2, 0.25) is 0 Å². The zero-order valence-corrected chi connectivity index (χ0v) is 9.91. The van der Waals surface area contributed by atoms with Gasteiger partial charge in [0.15, 0.2) is 0 Å². The summed E-state index contributed by atoms with van der Waals surface area (Å²) in [6, 6.07) is 0.721. The first-order valence-electron chi connectivity index (χ1n) is 5.50. The van der Waals surface area contributed by atoms with E-state index in [2.05, 4.69) is 16.5 Å². The van der Waals surface area contributed by atoms with Crippen molar-refractivity contribution in [2.75, 3.05) is 12.4 Å². The Morgan fingerprint density at radius 1 is 1.67 bits per heavy atom. The van der Waals surface area contributed by atoms with E-state index in [9.17, 15) is 0 Å². The van der Waals surface area contributed by atoms with Crippen LogP contribution in [0.15, 0.2) is 12.5 Å². The third-order valence-corrected chi connectivity index (χ3v) is 3.96. The van der Waals surface area contributed by atoms with Gasteiger partial charge in [0, 0.05) is 30.3 Å². The molecule has 1 atom stereocenters. The predicted molar refractivity (Wildman–Crippen MR) is 62.9 cm³/mol. The molecule has 0 spiro atoms. The van der Waals surface area contributed by atoms with E-state index in [1.165, 1.54) is 18.5 Å². The Balaban J connectivity index is 1.80. The van der Waals surface area contributed by atoms with Crippen molar-refractivity contribution >= 4 is 11.8 Å². The largest absolute Gasteiger partial charge is 0.396 e. The van der Waals surface area contributed by atoms with E-state index in [0.717, 1.165) is 17.5 Å². The summed E-state index contributed by atoms with van der Waals surface area (Å²) < 4.78 is 2.30. The quantitative estimate of drug-likeness (QED) is 0.807. The van der Waals surface area contributed by atoms with Gasteiger partial charge in [0.1, 0.15) is 0 Å². The number of aromatic nitrogens is 2. The molecule has 1 saturated carbocycles. The molecule has 1 aromatic rings. The fourth-order valence-corrected chi connectivity index (χ4v) is 2.60. The fourth-order valence-electron chi connectivity index (χ4n) is 1.54. The van der Waals surface area contributed by atoms with Crippen LogP contribution in [0.4, 0.5) is 0 Å². The average Bonchev–Trinajstić information content (AvgIpc) is 2.99. The molecule has 1 fully saturated rings. The molecule has 1 aliphatic rings. The molecular formula is C11H18N2OS. The lowest BCUT2D eigenvalue weighted by Gasteiger charge is -2.08. The molecule has 0 saturated heterocycles. The van der Waals surface area contributed by atoms with Gasteiger partial charge in [-0.05, 0) is 24.5 Å². The van der Waals surface area contributed by atoms with Crippen LogP contribution in [0.5, 0.6) is 0 Å². The summed E-state index contributed by atoms with van der Waals surface area (Å²) in [5.41, 5.74) is 1.33. The van der Waals surface area contributed by atoms with Crippen molar-refractivity contribution in [2.24, 2.45) is 5.92 Å². The Hall–Kier alpha value is -0.480. The van der Waals surface area contributed by atoms with Crippen molar-refractivity contribution in [3.63, 3.8) is 0 Å². The van der Waals surface area contributed by atoms with E-state index in [1.54, 1.807) is 0 Å². The second-order valence-corrected chi connectivity index (χ2v) is 5.36. The maximum absolute atomic E-state index is 8.91. The summed E-state index contributed by atoms with van der Waals surface area (Å²) in [6.07, 6.45) is 6.53. The van der Waals surface area contributed by atoms with Crippen LogP contribution in [-0.4, -0.2) is 27.0 Å². The molecule has 0 bridgehead atoms. The lowest BCUT2D eigenvalue weighted by atomic mass is 10.2. The van der Waals surface area contributed by atoms with Crippen molar-refractivity contribution in [2.45, 2.75) is 31.6 Å². The number of aliphatic hydroxyl groups excluding tert-OH is 1. The Morgan fingerprint density at radius 2 is 2.47 bits per heavy atom. The molecule has 4 heteroatoms. The molecule has 1 heterocycles. The fraction of sp³-hybridized carbons (Fsp3) is 0.727. The minimum absolute atomic E-state index is 0.287. The number of aliphatic hydroxyl groups is 1. The van der Waals surface area contributed by atoms with Gasteiger partial charge in [-0.1, -0.05) is 6.92 Å². The van der Waals surface area contributed by atoms with Gasteiger partial charge in [-0.15, -0.1) is 0 Å². The summed E-state index contributed by atoms with van der Waals surface area (Å²) in [5.74, 6) is 2.43. The first kappa shape index (κ1) is 11.0. The summed E-state index contributed by atoms with van der Waals surface area (Å²) in [5, 5.41) is 8.91. The van der Waals surface area contributed by atoms with Crippen molar-refractivity contribution < 1.29 is 5.11 Å². The number of rotatable bonds is 6. The van der Waals surface area contributed by atoms with Crippen molar-refractivity contribution in [1.29, 1.82) is 0 Å². The van der Waals surface area contributed by atoms with Crippen LogP contribution < -0.4 is 0 Å². The molecule has 3 nitrogen and oxygen atoms in total. The summed E-state index contributed by atoms with van der Waals surface area (Å²) >= 11 is 1.88. The average molecular weight is 226 g/mol. The van der Waals surface area contributed by atoms with E-state index < -0.39 is 0 Å². The zero-order chi connectivity index (χ0) is 10.7. The Bertz CT molecular complexity index is 309. The maximum atomic E-state index is 8.91. The number of hydrogen-bond acceptors (Lipinski definition) is 3. The van der Waals surface area contributed by atoms with Crippen LogP contribution >= 0.6 is 11.8 Å². The van der Waals surface area contributed by atoms with Gasteiger partial charge in [-0.2, -0.15) is 11.8 Å². The predicted octanol–water partition coefficient (Wildman–Crippen LogP) is 2.08. The van der Waals surface area contributed by atoms with Gasteiger partial charge in [-0.25, -0.2) is 4.98 Å². The molecule has 1 aliphatic carbocycles. The first-order valence-corrected chi connectivity index (χ1v) is 6.66. The number of hydrogen-bond donors (Lipinski definition) is 1. The maximum Gasteiger partial charge on any atom is 0.0951 e. The second kappa shape index (κ2) is 5.03. The minimum Gasteiger partial charge on any atom is -0.396 e. The van der Waals surface area contributed by atoms with E-state index >= 15 is 0 Å². The van der Waals surface area contributed by atoms with Crippen LogP contribution in [0.3, 0.4) is 0 Å². The van der Waals surface area contributed by atoms with Crippen LogP contribution in [0.1, 0.15) is 31.5 Å². The molecule has 0 amide bonds. The van der Waals surface area contributed by atoms with Crippen molar-refractivity contribution in [1.82, 2.24) is 9.55 Å². The van der Waals surface area contributed by atoms with Gasteiger partial charge in [-0.3, -0.25) is 0 Å². The molecule has 1 N–H and O–H groups in total. The Kier molecular flexibility index (Phi) is 3.70. The van der Waals surface area contributed by atoms with Crippen molar-refractivity contribution in [3.8, 4) is 0 Å². The number of nitrogens with zero attached hydrogens (tertiary/aromatic N) is 2. The van der Waals surface area contributed by atoms with Gasteiger partial charge >= 0.3 is 0 Å². The SMILES string of the molecule is CC(CO)CSCc1cncn1C1CC1. The van der Waals surface area contributed by atoms with Gasteiger partial charge < -0.3 is 9.67 Å². The highest BCUT2D eigenvalue weighted by atomic mass is 32.2. The van der Waals surface area contributed by atoms with Crippen LogP contribution in [-0.2, 0) is 5.75 Å². The van der Waals surface area contributed by atoms with E-state index in [0.29, 0.717) is 5.92 Å². The number of imidazole rings is 1. The van der Waals surface area contributed by atoms with Crippen LogP contribution in [0.25, 0.3) is 0 Å². The third kappa shape index (κ3) is 2.98. The Morgan fingerprint density at radius 3 is 3.13 bits per heavy atom. The molecule has 84 valence electrons. The smallest absolute Gasteiger partial charge is 0.0951 e. The number of thioether (sulfide) groups is 1. The molecular weight excluding hydrogens is 208 g/mol. The first-order chi connectivity index (χ1) is 7.31. The monoisotopic (exact) mass is 226 g/mol. The highest BCUT2D eigenvalue weighted by Crippen LogP contribution is 2.36. The van der Waals surface area contributed by atoms with Gasteiger partial charge in [0.25, 0.3) is 0 Å². The molecule has 0 aromatic carbocycles. The van der Waals surface area contributed by atoms with E-state index in [1.807, 2.05) is 24.3 Å². The minimum atomic E-state index is 0.287. The van der Waals surface area contributed by atoms with Crippen molar-refractivity contribution in [3.05, 3.63) is 18.2 Å². The van der Waals surface area contributed by atoms with Crippen LogP contribution in [0, 0.1) is 5.92 Å². The summed E-state index contributed by atoms with van der Waals surface area (Å²) in [6.45, 7) is 2.36. The lowest BCUT2D eigenvalue weighted by molar-refractivity contribution is 0.250. The Labute approximate surface area is 94.9 Å². The molecule has 0 aliphatic heterocycles. The second-order valence-electron chi connectivity index (χ2n) is 4.33. The molecule has 2 rings (SSSR count). The summed E-state index contributed by atoms with van der Waals surface area (Å²) in [4.78, 5) is 4.20. The standard InChI is InChI=1S/C11H18N2OS/c1-9(5-14)6-15-7-11-4-12-8-13(11)10-2-3-10/h4,8-10,14H,2-3,5-7H2,1H3. The molecule has 0 radical (unpaired) electrons. The van der Waals surface area contributed by atoms with E-state index in [4.69, 9.17) is 5.11 Å². The van der Waals surface area contributed by atoms with Gasteiger partial charge in [0.05, 0.1) is 6.33 Å². The molecule has 15 heavy (non-hydrogen) atoms. The molecule has 1 aromatic heterocycles. The van der Waals surface area contributed by atoms with Crippen LogP contribution in [0.2, 0.25) is 0 Å². The molecule has 1 unspecified atom stereocenters. The lowest BCUT2D eigenvalue weighted by Crippen LogP contribution is -2.04. The normalized spacial score (nSPS) is 18.0. The zero-order valence-electron chi connectivity index (χ0n) is 9.09. The highest BCUT2D eigenvalue weighted by molar-refractivity contribution is 7.98. The topological polar surface area (TPSA) is 38.1 Å².